The molecule has 1 saturated heterocycles. The van der Waals surface area contributed by atoms with Gasteiger partial charge in [-0.1, -0.05) is 18.2 Å². The molecule has 1 aliphatic heterocycles. The van der Waals surface area contributed by atoms with E-state index < -0.39 is 0 Å². The summed E-state index contributed by atoms with van der Waals surface area (Å²) < 4.78 is 5.36. The van der Waals surface area contributed by atoms with Crippen molar-refractivity contribution in [2.45, 2.75) is 13.5 Å². The van der Waals surface area contributed by atoms with Gasteiger partial charge in [-0.05, 0) is 36.8 Å². The maximum absolute atomic E-state index is 12.0. The lowest BCUT2D eigenvalue weighted by molar-refractivity contribution is 0.0827. The van der Waals surface area contributed by atoms with Crippen molar-refractivity contribution in [2.24, 2.45) is 4.99 Å². The molecule has 0 aromatic heterocycles. The Bertz CT molecular complexity index is 887. The Kier molecular flexibility index (Phi) is 7.76. The average molecular weight is 424 g/mol. The number of anilines is 1. The van der Waals surface area contributed by atoms with Crippen molar-refractivity contribution in [3.63, 3.8) is 0 Å². The fourth-order valence-corrected chi connectivity index (χ4v) is 3.59. The van der Waals surface area contributed by atoms with Gasteiger partial charge in [0.25, 0.3) is 5.91 Å². The summed E-state index contributed by atoms with van der Waals surface area (Å²) in [6, 6.07) is 15.9. The van der Waals surface area contributed by atoms with Gasteiger partial charge in [0.15, 0.2) is 5.96 Å². The van der Waals surface area contributed by atoms with Crippen molar-refractivity contribution >= 4 is 17.6 Å². The Morgan fingerprint density at radius 3 is 2.42 bits per heavy atom. The van der Waals surface area contributed by atoms with Crippen LogP contribution in [0.2, 0.25) is 0 Å². The molecule has 166 valence electrons. The highest BCUT2D eigenvalue weighted by Gasteiger charge is 2.20. The normalized spacial score (nSPS) is 14.4. The quantitative estimate of drug-likeness (QED) is 0.572. The summed E-state index contributed by atoms with van der Waals surface area (Å²) in [6.45, 7) is 7.15. The predicted molar refractivity (Wildman–Crippen MR) is 126 cm³/mol. The minimum Gasteiger partial charge on any atom is -0.497 e. The highest BCUT2D eigenvalue weighted by Crippen LogP contribution is 2.22. The predicted octanol–water partition coefficient (Wildman–Crippen LogP) is 2.68. The van der Waals surface area contributed by atoms with Crippen LogP contribution in [0, 0.1) is 0 Å². The molecule has 1 fully saturated rings. The van der Waals surface area contributed by atoms with E-state index >= 15 is 0 Å². The van der Waals surface area contributed by atoms with Gasteiger partial charge >= 0.3 is 0 Å². The summed E-state index contributed by atoms with van der Waals surface area (Å²) in [5, 5.41) is 3.42. The van der Waals surface area contributed by atoms with Gasteiger partial charge in [-0.3, -0.25) is 4.79 Å². The Hall–Kier alpha value is -3.22. The average Bonchev–Trinajstić information content (AvgIpc) is 2.81. The summed E-state index contributed by atoms with van der Waals surface area (Å²) in [5.41, 5.74) is 2.97. The van der Waals surface area contributed by atoms with Gasteiger partial charge in [0.1, 0.15) is 5.75 Å². The second kappa shape index (κ2) is 10.7. The lowest BCUT2D eigenvalue weighted by Gasteiger charge is -2.37. The first-order valence-corrected chi connectivity index (χ1v) is 10.7. The van der Waals surface area contributed by atoms with E-state index in [1.165, 1.54) is 5.69 Å². The molecule has 0 saturated carbocycles. The van der Waals surface area contributed by atoms with Crippen LogP contribution >= 0.6 is 0 Å². The molecule has 1 amide bonds. The van der Waals surface area contributed by atoms with E-state index in [0.29, 0.717) is 12.1 Å². The Morgan fingerprint density at radius 2 is 1.81 bits per heavy atom. The fourth-order valence-electron chi connectivity index (χ4n) is 3.59. The van der Waals surface area contributed by atoms with E-state index in [9.17, 15) is 4.79 Å². The molecule has 31 heavy (non-hydrogen) atoms. The minimum absolute atomic E-state index is 0.0114. The minimum atomic E-state index is 0.0114. The van der Waals surface area contributed by atoms with Gasteiger partial charge in [-0.2, -0.15) is 0 Å². The first kappa shape index (κ1) is 22.5. The maximum atomic E-state index is 12.0. The molecule has 0 bridgehead atoms. The molecule has 3 rings (SSSR count). The third-order valence-corrected chi connectivity index (χ3v) is 5.35. The van der Waals surface area contributed by atoms with Crippen LogP contribution in [0.5, 0.6) is 5.75 Å². The van der Waals surface area contributed by atoms with Gasteiger partial charge in [-0.25, -0.2) is 4.99 Å². The van der Waals surface area contributed by atoms with Crippen molar-refractivity contribution in [3.8, 4) is 5.75 Å². The third-order valence-electron chi connectivity index (χ3n) is 5.35. The first-order valence-electron chi connectivity index (χ1n) is 10.7. The summed E-state index contributed by atoms with van der Waals surface area (Å²) in [4.78, 5) is 23.2. The van der Waals surface area contributed by atoms with Crippen LogP contribution in [-0.4, -0.2) is 75.6 Å². The Morgan fingerprint density at radius 1 is 1.10 bits per heavy atom. The van der Waals surface area contributed by atoms with Gasteiger partial charge in [0, 0.05) is 64.1 Å². The Balaban J connectivity index is 1.61. The van der Waals surface area contributed by atoms with Crippen molar-refractivity contribution in [3.05, 3.63) is 59.7 Å². The van der Waals surface area contributed by atoms with Crippen LogP contribution in [0.15, 0.2) is 53.5 Å². The molecular formula is C24H33N5O2. The standard InChI is InChI=1S/C24H33N5O2/c1-5-25-24(26-18-19-9-11-20(12-10-19)23(30)27(2)3)29-15-13-28(14-16-29)21-7-6-8-22(17-21)31-4/h6-12,17H,5,13-16,18H2,1-4H3,(H,25,26). The molecule has 0 radical (unpaired) electrons. The van der Waals surface area contributed by atoms with Crippen LogP contribution in [0.4, 0.5) is 5.69 Å². The maximum Gasteiger partial charge on any atom is 0.253 e. The number of carbonyl (C=O) groups is 1. The van der Waals surface area contributed by atoms with Crippen LogP contribution in [0.25, 0.3) is 0 Å². The zero-order chi connectivity index (χ0) is 22.2. The van der Waals surface area contributed by atoms with E-state index in [1.54, 1.807) is 26.1 Å². The highest BCUT2D eigenvalue weighted by molar-refractivity contribution is 5.93. The van der Waals surface area contributed by atoms with E-state index in [2.05, 4.69) is 34.2 Å². The number of carbonyl (C=O) groups excluding carboxylic acids is 1. The lowest BCUT2D eigenvalue weighted by atomic mass is 10.1. The molecule has 0 atom stereocenters. The highest BCUT2D eigenvalue weighted by atomic mass is 16.5. The number of piperazine rings is 1. The summed E-state index contributed by atoms with van der Waals surface area (Å²) in [5.74, 6) is 1.83. The lowest BCUT2D eigenvalue weighted by Crippen LogP contribution is -2.52. The Labute approximate surface area is 185 Å². The van der Waals surface area contributed by atoms with Crippen molar-refractivity contribution in [2.75, 3.05) is 58.8 Å². The van der Waals surface area contributed by atoms with Crippen LogP contribution in [-0.2, 0) is 6.54 Å². The molecule has 1 heterocycles. The largest absolute Gasteiger partial charge is 0.497 e. The number of ether oxygens (including phenoxy) is 1. The van der Waals surface area contributed by atoms with Gasteiger partial charge in [-0.15, -0.1) is 0 Å². The monoisotopic (exact) mass is 423 g/mol. The van der Waals surface area contributed by atoms with Crippen LogP contribution < -0.4 is 15.0 Å². The molecule has 2 aromatic carbocycles. The molecule has 1 N–H and O–H groups in total. The molecule has 7 heteroatoms. The summed E-state index contributed by atoms with van der Waals surface area (Å²) in [6.07, 6.45) is 0. The van der Waals surface area contributed by atoms with E-state index in [-0.39, 0.29) is 5.91 Å². The number of benzene rings is 2. The van der Waals surface area contributed by atoms with Gasteiger partial charge in [0.2, 0.25) is 0 Å². The molecule has 1 aliphatic rings. The van der Waals surface area contributed by atoms with Crippen LogP contribution in [0.3, 0.4) is 0 Å². The van der Waals surface area contributed by atoms with Crippen molar-refractivity contribution in [1.29, 1.82) is 0 Å². The van der Waals surface area contributed by atoms with Gasteiger partial charge < -0.3 is 24.8 Å². The number of methoxy groups -OCH3 is 1. The number of nitrogens with zero attached hydrogens (tertiary/aromatic N) is 4. The van der Waals surface area contributed by atoms with E-state index in [4.69, 9.17) is 9.73 Å². The number of nitrogens with one attached hydrogen (secondary N) is 1. The topological polar surface area (TPSA) is 60.4 Å². The van der Waals surface area contributed by atoms with E-state index in [0.717, 1.165) is 50.0 Å². The smallest absolute Gasteiger partial charge is 0.253 e. The number of amides is 1. The number of rotatable bonds is 6. The number of hydrogen-bond donors (Lipinski definition) is 1. The van der Waals surface area contributed by atoms with Crippen molar-refractivity contribution in [1.82, 2.24) is 15.1 Å². The second-order valence-corrected chi connectivity index (χ2v) is 7.74. The number of guanidine groups is 1. The molecule has 2 aromatic rings. The summed E-state index contributed by atoms with van der Waals surface area (Å²) in [7, 11) is 5.22. The molecule has 0 unspecified atom stereocenters. The molecule has 0 aliphatic carbocycles. The third kappa shape index (κ3) is 5.90. The molecular weight excluding hydrogens is 390 g/mol. The number of hydrogen-bond acceptors (Lipinski definition) is 4. The number of aliphatic imine (C=N–C) groups is 1. The molecule has 7 nitrogen and oxygen atoms in total. The molecule has 0 spiro atoms. The zero-order valence-corrected chi connectivity index (χ0v) is 19.0. The van der Waals surface area contributed by atoms with Crippen molar-refractivity contribution < 1.29 is 9.53 Å². The zero-order valence-electron chi connectivity index (χ0n) is 19.0. The van der Waals surface area contributed by atoms with Gasteiger partial charge in [0.05, 0.1) is 13.7 Å². The van der Waals surface area contributed by atoms with E-state index in [1.807, 2.05) is 36.4 Å². The first-order chi connectivity index (χ1) is 15.0. The summed E-state index contributed by atoms with van der Waals surface area (Å²) >= 11 is 0. The second-order valence-electron chi connectivity index (χ2n) is 7.74. The SMILES string of the molecule is CCNC(=NCc1ccc(C(=O)N(C)C)cc1)N1CCN(c2cccc(OC)c2)CC1. The van der Waals surface area contributed by atoms with Crippen LogP contribution in [0.1, 0.15) is 22.8 Å². The fraction of sp³-hybridized carbons (Fsp3) is 0.417.